The molecule has 0 bridgehead atoms. The lowest BCUT2D eigenvalue weighted by Gasteiger charge is -2.32. The Labute approximate surface area is 161 Å². The normalized spacial score (nSPS) is 25.2. The van der Waals surface area contributed by atoms with Gasteiger partial charge in [0.05, 0.1) is 17.0 Å². The third-order valence-corrected chi connectivity index (χ3v) is 7.40. The van der Waals surface area contributed by atoms with Crippen LogP contribution in [0.2, 0.25) is 0 Å². The molecule has 0 radical (unpaired) electrons. The Morgan fingerprint density at radius 2 is 1.81 bits per heavy atom. The van der Waals surface area contributed by atoms with Crippen molar-refractivity contribution in [1.29, 1.82) is 0 Å². The third-order valence-electron chi connectivity index (χ3n) is 5.72. The average Bonchev–Trinajstić information content (AvgIpc) is 3.09. The van der Waals surface area contributed by atoms with Gasteiger partial charge in [-0.3, -0.25) is 0 Å². The molecule has 0 unspecified atom stereocenters. The van der Waals surface area contributed by atoms with Crippen LogP contribution in [0.25, 0.3) is 0 Å². The van der Waals surface area contributed by atoms with Crippen LogP contribution in [0.1, 0.15) is 34.1 Å². The van der Waals surface area contributed by atoms with Gasteiger partial charge in [0.1, 0.15) is 0 Å². The predicted octanol–water partition coefficient (Wildman–Crippen LogP) is -0.170. The maximum Gasteiger partial charge on any atom is 0.498 e. The largest absolute Gasteiger partial charge is 0.498 e. The molecule has 0 amide bonds. The monoisotopic (exact) mass is 396 g/mol. The Kier molecular flexibility index (Phi) is 5.66. The number of hydrogen-bond donors (Lipinski definition) is 1. The van der Waals surface area contributed by atoms with Crippen molar-refractivity contribution in [2.75, 3.05) is 31.9 Å². The van der Waals surface area contributed by atoms with E-state index in [4.69, 9.17) is 15.0 Å². The van der Waals surface area contributed by atoms with Crippen LogP contribution in [0, 0.1) is 5.92 Å². The van der Waals surface area contributed by atoms with Gasteiger partial charge in [0.25, 0.3) is 0 Å². The van der Waals surface area contributed by atoms with Crippen LogP contribution < -0.4 is 11.2 Å². The Morgan fingerprint density at radius 3 is 2.37 bits per heavy atom. The summed E-state index contributed by atoms with van der Waals surface area (Å²) in [7, 11) is -4.13. The highest BCUT2D eigenvalue weighted by Gasteiger charge is 2.52. The molecule has 27 heavy (non-hydrogen) atoms. The summed E-state index contributed by atoms with van der Waals surface area (Å²) in [5.41, 5.74) is 5.24. The first kappa shape index (κ1) is 20.7. The molecule has 1 aromatic heterocycles. The third kappa shape index (κ3) is 4.35. The van der Waals surface area contributed by atoms with Crippen LogP contribution in [-0.2, 0) is 19.1 Å². The molecule has 2 aliphatic rings. The summed E-state index contributed by atoms with van der Waals surface area (Å²) in [5, 5.41) is -0.139. The highest BCUT2D eigenvalue weighted by Crippen LogP contribution is 2.36. The van der Waals surface area contributed by atoms with Crippen molar-refractivity contribution in [3.63, 3.8) is 0 Å². The van der Waals surface area contributed by atoms with Crippen molar-refractivity contribution in [2.24, 2.45) is 11.7 Å². The fourth-order valence-electron chi connectivity index (χ4n) is 3.41. The van der Waals surface area contributed by atoms with Crippen molar-refractivity contribution in [2.45, 2.75) is 50.5 Å². The number of rotatable bonds is 6. The SMILES string of the molecule is CC1(C)OB(c2cnc(S(=O)(=O)C[C@@H]3CCN(CCN)C3)nc2)OC1(C)C. The van der Waals surface area contributed by atoms with Gasteiger partial charge in [-0.05, 0) is 46.6 Å². The first-order valence-corrected chi connectivity index (χ1v) is 11.0. The molecule has 1 aromatic rings. The quantitative estimate of drug-likeness (QED) is 0.522. The molecule has 3 heterocycles. The van der Waals surface area contributed by atoms with Gasteiger partial charge in [0.2, 0.25) is 15.0 Å². The Balaban J connectivity index is 1.66. The predicted molar refractivity (Wildman–Crippen MR) is 103 cm³/mol. The zero-order valence-corrected chi connectivity index (χ0v) is 17.3. The van der Waals surface area contributed by atoms with Gasteiger partial charge in [0.15, 0.2) is 0 Å². The van der Waals surface area contributed by atoms with E-state index in [1.54, 1.807) is 0 Å². The molecule has 0 spiro atoms. The van der Waals surface area contributed by atoms with Crippen molar-refractivity contribution in [3.05, 3.63) is 12.4 Å². The summed E-state index contributed by atoms with van der Waals surface area (Å²) in [6.45, 7) is 10.9. The van der Waals surface area contributed by atoms with Crippen LogP contribution in [-0.4, -0.2) is 73.5 Å². The molecule has 0 saturated carbocycles. The number of hydrogen-bond acceptors (Lipinski definition) is 8. The van der Waals surface area contributed by atoms with Gasteiger partial charge >= 0.3 is 7.12 Å². The van der Waals surface area contributed by atoms with Crippen molar-refractivity contribution < 1.29 is 17.7 Å². The molecule has 150 valence electrons. The Hall–Kier alpha value is -1.07. The average molecular weight is 396 g/mol. The molecule has 2 aliphatic heterocycles. The van der Waals surface area contributed by atoms with Gasteiger partial charge in [-0.25, -0.2) is 18.4 Å². The molecule has 0 aromatic carbocycles. The van der Waals surface area contributed by atoms with Crippen LogP contribution in [0.4, 0.5) is 0 Å². The number of likely N-dealkylation sites (tertiary alicyclic amines) is 1. The molecule has 8 nitrogen and oxygen atoms in total. The van der Waals surface area contributed by atoms with E-state index in [1.807, 2.05) is 27.7 Å². The number of nitrogens with two attached hydrogens (primary N) is 1. The minimum atomic E-state index is -3.53. The Morgan fingerprint density at radius 1 is 1.22 bits per heavy atom. The number of nitrogens with zero attached hydrogens (tertiary/aromatic N) is 3. The second kappa shape index (κ2) is 7.40. The van der Waals surface area contributed by atoms with Gasteiger partial charge in [-0.1, -0.05) is 0 Å². The smallest absolute Gasteiger partial charge is 0.399 e. The summed E-state index contributed by atoms with van der Waals surface area (Å²) in [5.74, 6) is 0.150. The summed E-state index contributed by atoms with van der Waals surface area (Å²) in [6.07, 6.45) is 3.82. The maximum absolute atomic E-state index is 12.7. The maximum atomic E-state index is 12.7. The van der Waals surface area contributed by atoms with E-state index >= 15 is 0 Å². The van der Waals surface area contributed by atoms with E-state index < -0.39 is 28.2 Å². The summed E-state index contributed by atoms with van der Waals surface area (Å²) in [4.78, 5) is 10.4. The number of sulfone groups is 1. The molecule has 10 heteroatoms. The summed E-state index contributed by atoms with van der Waals surface area (Å²) in [6, 6.07) is 0. The van der Waals surface area contributed by atoms with Gasteiger partial charge in [-0.15, -0.1) is 0 Å². The van der Waals surface area contributed by atoms with Crippen molar-refractivity contribution >= 4 is 22.4 Å². The zero-order chi connectivity index (χ0) is 19.9. The molecule has 2 N–H and O–H groups in total. The van der Waals surface area contributed by atoms with E-state index in [2.05, 4.69) is 14.9 Å². The topological polar surface area (TPSA) is 108 Å². The Bertz CT molecular complexity index is 754. The van der Waals surface area contributed by atoms with Crippen LogP contribution in [0.15, 0.2) is 17.6 Å². The summed E-state index contributed by atoms with van der Waals surface area (Å²) >= 11 is 0. The van der Waals surface area contributed by atoms with E-state index in [9.17, 15) is 8.42 Å². The van der Waals surface area contributed by atoms with Gasteiger partial charge in [-0.2, -0.15) is 0 Å². The molecule has 2 saturated heterocycles. The lowest BCUT2D eigenvalue weighted by molar-refractivity contribution is 0.00578. The lowest BCUT2D eigenvalue weighted by atomic mass is 9.81. The highest BCUT2D eigenvalue weighted by atomic mass is 32.2. The van der Waals surface area contributed by atoms with Crippen molar-refractivity contribution in [1.82, 2.24) is 14.9 Å². The second-order valence-corrected chi connectivity index (χ2v) is 10.3. The first-order chi connectivity index (χ1) is 12.5. The van der Waals surface area contributed by atoms with Crippen molar-refractivity contribution in [3.8, 4) is 0 Å². The van der Waals surface area contributed by atoms with E-state index in [0.29, 0.717) is 12.0 Å². The molecule has 2 fully saturated rings. The molecular formula is C17H29BN4O4S. The van der Waals surface area contributed by atoms with Gasteiger partial charge in [0, 0.05) is 37.5 Å². The van der Waals surface area contributed by atoms with Gasteiger partial charge < -0.3 is 19.9 Å². The van der Waals surface area contributed by atoms with E-state index in [1.165, 1.54) is 12.4 Å². The summed E-state index contributed by atoms with van der Waals surface area (Å²) < 4.78 is 37.2. The minimum Gasteiger partial charge on any atom is -0.399 e. The fourth-order valence-corrected chi connectivity index (χ4v) is 4.88. The second-order valence-electron chi connectivity index (χ2n) is 8.41. The highest BCUT2D eigenvalue weighted by molar-refractivity contribution is 7.91. The zero-order valence-electron chi connectivity index (χ0n) is 16.5. The minimum absolute atomic E-state index is 0.0594. The molecular weight excluding hydrogens is 367 g/mol. The fraction of sp³-hybridized carbons (Fsp3) is 0.765. The standard InChI is InChI=1S/C17H29BN4O4S/c1-16(2)17(3,4)26-18(25-16)14-9-20-15(21-10-14)27(23,24)12-13-5-7-22(11-13)8-6-19/h9-10,13H,5-8,11-12,19H2,1-4H3/t13-/m1/s1. The number of aromatic nitrogens is 2. The molecule has 0 aliphatic carbocycles. The van der Waals surface area contributed by atoms with E-state index in [-0.39, 0.29) is 16.8 Å². The molecule has 1 atom stereocenters. The van der Waals surface area contributed by atoms with Crippen LogP contribution in [0.3, 0.4) is 0 Å². The lowest BCUT2D eigenvalue weighted by Crippen LogP contribution is -2.41. The van der Waals surface area contributed by atoms with Crippen LogP contribution >= 0.6 is 0 Å². The first-order valence-electron chi connectivity index (χ1n) is 9.37. The van der Waals surface area contributed by atoms with E-state index in [0.717, 1.165) is 26.1 Å². The molecule has 3 rings (SSSR count). The van der Waals surface area contributed by atoms with Crippen LogP contribution in [0.5, 0.6) is 0 Å².